The third-order valence-electron chi connectivity index (χ3n) is 1.90. The van der Waals surface area contributed by atoms with Gasteiger partial charge in [0, 0.05) is 0 Å². The Bertz CT molecular complexity index is 105. The second-order valence-corrected chi connectivity index (χ2v) is 3.03. The molecule has 2 saturated heterocycles. The summed E-state index contributed by atoms with van der Waals surface area (Å²) >= 11 is 0. The lowest BCUT2D eigenvalue weighted by molar-refractivity contribution is -0.223. The average Bonchev–Trinajstić information content (AvgIpc) is 2.07. The molecule has 0 amide bonds. The molecule has 0 aromatic rings. The fourth-order valence-electron chi connectivity index (χ4n) is 1.29. The molecule has 4 nitrogen and oxygen atoms in total. The van der Waals surface area contributed by atoms with E-state index in [9.17, 15) is 0 Å². The first-order valence-corrected chi connectivity index (χ1v) is 3.62. The maximum Gasteiger partial charge on any atom is 0.209 e. The van der Waals surface area contributed by atoms with Crippen LogP contribution >= 0.6 is 0 Å². The van der Waals surface area contributed by atoms with Crippen LogP contribution in [0.2, 0.25) is 0 Å². The monoisotopic (exact) mass is 159 g/mol. The van der Waals surface area contributed by atoms with Crippen molar-refractivity contribution in [3.05, 3.63) is 6.79 Å². The van der Waals surface area contributed by atoms with Gasteiger partial charge in [0.05, 0.1) is 31.8 Å². The van der Waals surface area contributed by atoms with E-state index < -0.39 is 0 Å². The van der Waals surface area contributed by atoms with Crippen molar-refractivity contribution in [3.8, 4) is 0 Å². The molecule has 1 radical (unpaired) electrons. The first-order valence-electron chi connectivity index (χ1n) is 3.62. The zero-order valence-electron chi connectivity index (χ0n) is 6.25. The molecule has 0 aromatic heterocycles. The van der Waals surface area contributed by atoms with Crippen LogP contribution in [0.5, 0.6) is 0 Å². The molecule has 0 atom stereocenters. The maximum atomic E-state index is 5.17. The Morgan fingerprint density at radius 2 is 1.55 bits per heavy atom. The summed E-state index contributed by atoms with van der Waals surface area (Å²) in [4.78, 5) is 0. The van der Waals surface area contributed by atoms with E-state index in [0.717, 1.165) is 0 Å². The van der Waals surface area contributed by atoms with Crippen LogP contribution in [0.1, 0.15) is 0 Å². The van der Waals surface area contributed by atoms with Crippen LogP contribution in [0.3, 0.4) is 0 Å². The van der Waals surface area contributed by atoms with Crippen molar-refractivity contribution >= 4 is 0 Å². The van der Waals surface area contributed by atoms with E-state index >= 15 is 0 Å². The Labute approximate surface area is 65.4 Å². The predicted octanol–water partition coefficient (Wildman–Crippen LogP) is 0.143. The Morgan fingerprint density at radius 3 is 2.18 bits per heavy atom. The summed E-state index contributed by atoms with van der Waals surface area (Å²) in [6.07, 6.45) is 0. The predicted molar refractivity (Wildman–Crippen MR) is 35.4 cm³/mol. The molecule has 0 aromatic carbocycles. The van der Waals surface area contributed by atoms with Crippen LogP contribution in [0.15, 0.2) is 0 Å². The molecule has 2 rings (SSSR count). The van der Waals surface area contributed by atoms with Crippen LogP contribution in [0, 0.1) is 12.2 Å². The Balaban J connectivity index is 1.94. The third-order valence-corrected chi connectivity index (χ3v) is 1.90. The van der Waals surface area contributed by atoms with Crippen molar-refractivity contribution in [2.75, 3.05) is 33.2 Å². The Kier molecular flexibility index (Phi) is 2.09. The highest BCUT2D eigenvalue weighted by Gasteiger charge is 2.37. The van der Waals surface area contributed by atoms with Crippen molar-refractivity contribution in [2.24, 2.45) is 5.41 Å². The van der Waals surface area contributed by atoms with Gasteiger partial charge in [0.2, 0.25) is 6.79 Å². The summed E-state index contributed by atoms with van der Waals surface area (Å²) < 4.78 is 20.4. The van der Waals surface area contributed by atoms with Crippen LogP contribution < -0.4 is 0 Å². The minimum atomic E-state index is -0.0625. The number of hydrogen-bond acceptors (Lipinski definition) is 4. The topological polar surface area (TPSA) is 36.9 Å². The molecule has 2 aliphatic rings. The van der Waals surface area contributed by atoms with Gasteiger partial charge in [-0.15, -0.1) is 0 Å². The smallest absolute Gasteiger partial charge is 0.209 e. The SMILES string of the molecule is [CH]1OCC2(CO1)COCOC2. The molecule has 11 heavy (non-hydrogen) atoms. The largest absolute Gasteiger partial charge is 0.355 e. The number of hydrogen-bond donors (Lipinski definition) is 0. The lowest BCUT2D eigenvalue weighted by atomic mass is 9.91. The molecule has 0 N–H and O–H groups in total. The van der Waals surface area contributed by atoms with E-state index in [1.807, 2.05) is 0 Å². The van der Waals surface area contributed by atoms with Crippen molar-refractivity contribution in [1.29, 1.82) is 0 Å². The molecule has 2 heterocycles. The summed E-state index contributed by atoms with van der Waals surface area (Å²) in [5, 5.41) is 0. The number of rotatable bonds is 0. The van der Waals surface area contributed by atoms with E-state index in [2.05, 4.69) is 0 Å². The molecule has 2 fully saturated rings. The maximum absolute atomic E-state index is 5.17. The van der Waals surface area contributed by atoms with E-state index in [4.69, 9.17) is 18.9 Å². The molecular formula is C7H11O4. The molecule has 1 spiro atoms. The molecule has 2 aliphatic heterocycles. The summed E-state index contributed by atoms with van der Waals surface area (Å²) in [5.41, 5.74) is -0.0625. The number of ether oxygens (including phenoxy) is 4. The normalized spacial score (nSPS) is 30.5. The average molecular weight is 159 g/mol. The van der Waals surface area contributed by atoms with Gasteiger partial charge >= 0.3 is 0 Å². The van der Waals surface area contributed by atoms with Gasteiger partial charge < -0.3 is 18.9 Å². The molecular weight excluding hydrogens is 148 g/mol. The lowest BCUT2D eigenvalue weighted by Crippen LogP contribution is -2.46. The van der Waals surface area contributed by atoms with Gasteiger partial charge in [-0.3, -0.25) is 0 Å². The van der Waals surface area contributed by atoms with E-state index in [1.165, 1.54) is 6.79 Å². The van der Waals surface area contributed by atoms with Crippen LogP contribution in [-0.4, -0.2) is 33.2 Å². The quantitative estimate of drug-likeness (QED) is 0.504. The molecule has 0 bridgehead atoms. The van der Waals surface area contributed by atoms with Gasteiger partial charge in [0.25, 0.3) is 0 Å². The molecule has 4 heteroatoms. The van der Waals surface area contributed by atoms with Crippen molar-refractivity contribution in [2.45, 2.75) is 0 Å². The van der Waals surface area contributed by atoms with Crippen LogP contribution in [0.25, 0.3) is 0 Å². The van der Waals surface area contributed by atoms with Gasteiger partial charge in [0.1, 0.15) is 6.79 Å². The summed E-state index contributed by atoms with van der Waals surface area (Å²) in [5.74, 6) is 0. The summed E-state index contributed by atoms with van der Waals surface area (Å²) in [6.45, 7) is 4.37. The van der Waals surface area contributed by atoms with Gasteiger partial charge in [-0.05, 0) is 0 Å². The molecule has 63 valence electrons. The van der Waals surface area contributed by atoms with E-state index in [1.54, 1.807) is 0 Å². The van der Waals surface area contributed by atoms with Crippen molar-refractivity contribution < 1.29 is 18.9 Å². The van der Waals surface area contributed by atoms with Gasteiger partial charge in [0.15, 0.2) is 0 Å². The third kappa shape index (κ3) is 1.54. The summed E-state index contributed by atoms with van der Waals surface area (Å²) in [6, 6.07) is 0. The van der Waals surface area contributed by atoms with Crippen LogP contribution in [0.4, 0.5) is 0 Å². The minimum absolute atomic E-state index is 0.0625. The minimum Gasteiger partial charge on any atom is -0.355 e. The van der Waals surface area contributed by atoms with Gasteiger partial charge in [-0.25, -0.2) is 0 Å². The van der Waals surface area contributed by atoms with Crippen LogP contribution in [-0.2, 0) is 18.9 Å². The highest BCUT2D eigenvalue weighted by molar-refractivity contribution is 4.82. The van der Waals surface area contributed by atoms with Crippen molar-refractivity contribution in [1.82, 2.24) is 0 Å². The second-order valence-electron chi connectivity index (χ2n) is 3.03. The Morgan fingerprint density at radius 1 is 0.909 bits per heavy atom. The second kappa shape index (κ2) is 3.06. The van der Waals surface area contributed by atoms with Gasteiger partial charge in [-0.2, -0.15) is 0 Å². The first-order chi connectivity index (χ1) is 5.41. The van der Waals surface area contributed by atoms with Crippen molar-refractivity contribution in [3.63, 3.8) is 0 Å². The fraction of sp³-hybridized carbons (Fsp3) is 0.857. The van der Waals surface area contributed by atoms with E-state index in [0.29, 0.717) is 33.2 Å². The Hall–Kier alpha value is -0.160. The molecule has 0 unspecified atom stereocenters. The first kappa shape index (κ1) is 7.49. The van der Waals surface area contributed by atoms with E-state index in [-0.39, 0.29) is 5.41 Å². The fourth-order valence-corrected chi connectivity index (χ4v) is 1.29. The summed E-state index contributed by atoms with van der Waals surface area (Å²) in [7, 11) is 0. The standard InChI is InChI=1S/C7H11O4/c1-7(2-9-5-8-1)3-10-6-11-4-7/h5H,1-4,6H2. The highest BCUT2D eigenvalue weighted by atomic mass is 16.7. The lowest BCUT2D eigenvalue weighted by Gasteiger charge is -2.38. The zero-order valence-corrected chi connectivity index (χ0v) is 6.25. The van der Waals surface area contributed by atoms with Gasteiger partial charge in [-0.1, -0.05) is 0 Å². The zero-order chi connectivity index (χ0) is 7.57. The molecule has 0 saturated carbocycles. The molecule has 0 aliphatic carbocycles. The highest BCUT2D eigenvalue weighted by Crippen LogP contribution is 2.26.